The van der Waals surface area contributed by atoms with Gasteiger partial charge in [-0.1, -0.05) is 6.08 Å². The van der Waals surface area contributed by atoms with Crippen molar-refractivity contribution in [3.63, 3.8) is 0 Å². The predicted molar refractivity (Wildman–Crippen MR) is 86.7 cm³/mol. The predicted octanol–water partition coefficient (Wildman–Crippen LogP) is 2.80. The van der Waals surface area contributed by atoms with Crippen LogP contribution in [0.15, 0.2) is 22.7 Å². The van der Waals surface area contributed by atoms with Crippen molar-refractivity contribution in [3.05, 3.63) is 38.7 Å². The number of anilines is 1. The van der Waals surface area contributed by atoms with Crippen LogP contribution in [-0.2, 0) is 4.74 Å². The quantitative estimate of drug-likeness (QED) is 0.833. The molecule has 1 aliphatic carbocycles. The van der Waals surface area contributed by atoms with Crippen molar-refractivity contribution in [3.8, 4) is 0 Å². The number of methoxy groups -OCH3 is 1. The van der Waals surface area contributed by atoms with Crippen LogP contribution in [0.25, 0.3) is 15.8 Å². The lowest BCUT2D eigenvalue weighted by Gasteiger charge is -2.17. The van der Waals surface area contributed by atoms with Crippen LogP contribution in [0.1, 0.15) is 16.9 Å². The summed E-state index contributed by atoms with van der Waals surface area (Å²) in [4.78, 5) is 20.4. The Morgan fingerprint density at radius 1 is 1.57 bits per heavy atom. The lowest BCUT2D eigenvalue weighted by Crippen LogP contribution is -2.10. The lowest BCUT2D eigenvalue weighted by atomic mass is 10.0. The molecule has 3 rings (SSSR count). The molecule has 0 aromatic carbocycles. The molecular formula is C14H14ClN3O2S. The molecule has 2 heterocycles. The van der Waals surface area contributed by atoms with Crippen molar-refractivity contribution < 1.29 is 4.74 Å². The number of nitrogens with zero attached hydrogens (tertiary/aromatic N) is 1. The second-order valence-corrected chi connectivity index (χ2v) is 6.33. The Kier molecular flexibility index (Phi) is 3.51. The second-order valence-electron chi connectivity index (χ2n) is 4.80. The van der Waals surface area contributed by atoms with Crippen LogP contribution in [0.5, 0.6) is 0 Å². The molecule has 1 atom stereocenters. The normalized spacial score (nSPS) is 18.5. The summed E-state index contributed by atoms with van der Waals surface area (Å²) < 4.78 is 5.30. The molecule has 3 N–H and O–H groups in total. The number of allylic oxidation sites excluding steroid dienone is 4. The molecule has 0 aliphatic heterocycles. The smallest absolute Gasteiger partial charge is 0.261 e. The highest BCUT2D eigenvalue weighted by Crippen LogP contribution is 2.37. The van der Waals surface area contributed by atoms with E-state index < -0.39 is 0 Å². The molecule has 0 saturated carbocycles. The summed E-state index contributed by atoms with van der Waals surface area (Å²) in [6.07, 6.45) is 4.65. The molecule has 0 spiro atoms. The molecule has 110 valence electrons. The van der Waals surface area contributed by atoms with E-state index in [1.165, 1.54) is 11.3 Å². The van der Waals surface area contributed by atoms with Gasteiger partial charge >= 0.3 is 0 Å². The molecule has 0 fully saturated rings. The number of hydrogen-bond donors (Lipinski definition) is 2. The zero-order chi connectivity index (χ0) is 15.1. The third-order valence-corrected chi connectivity index (χ3v) is 5.10. The largest absolute Gasteiger partial charge is 0.499 e. The third-order valence-electron chi connectivity index (χ3n) is 3.47. The fraction of sp³-hybridized carbons (Fsp3) is 0.286. The van der Waals surface area contributed by atoms with Crippen molar-refractivity contribution in [2.45, 2.75) is 18.7 Å². The van der Waals surface area contributed by atoms with E-state index in [-0.39, 0.29) is 16.9 Å². The van der Waals surface area contributed by atoms with Gasteiger partial charge in [-0.3, -0.25) is 9.78 Å². The number of fused-ring (bicyclic) bond motifs is 1. The number of aromatic amines is 1. The van der Waals surface area contributed by atoms with Gasteiger partial charge in [-0.25, -0.2) is 4.98 Å². The van der Waals surface area contributed by atoms with Gasteiger partial charge in [0.2, 0.25) is 5.95 Å². The number of nitrogen functional groups attached to an aromatic ring is 1. The van der Waals surface area contributed by atoms with Crippen molar-refractivity contribution in [1.82, 2.24) is 9.97 Å². The first-order chi connectivity index (χ1) is 10.0. The van der Waals surface area contributed by atoms with Gasteiger partial charge in [0.1, 0.15) is 10.6 Å². The minimum atomic E-state index is -0.208. The van der Waals surface area contributed by atoms with E-state index in [4.69, 9.17) is 22.1 Å². The van der Waals surface area contributed by atoms with Gasteiger partial charge in [0.25, 0.3) is 5.56 Å². The van der Waals surface area contributed by atoms with Crippen LogP contribution in [0.4, 0.5) is 5.95 Å². The molecule has 1 aliphatic rings. The Morgan fingerprint density at radius 3 is 3.05 bits per heavy atom. The Bertz CT molecular complexity index is 835. The number of rotatable bonds is 2. The first-order valence-corrected chi connectivity index (χ1v) is 7.65. The van der Waals surface area contributed by atoms with Gasteiger partial charge in [0, 0.05) is 4.88 Å². The average molecular weight is 324 g/mol. The number of ether oxygens (including phenoxy) is 1. The van der Waals surface area contributed by atoms with Crippen LogP contribution in [-0.4, -0.2) is 22.5 Å². The summed E-state index contributed by atoms with van der Waals surface area (Å²) in [6, 6.07) is 0. The first kappa shape index (κ1) is 14.2. The average Bonchev–Trinajstić information content (AvgIpc) is 2.76. The van der Waals surface area contributed by atoms with E-state index in [2.05, 4.69) is 16.0 Å². The van der Waals surface area contributed by atoms with Crippen LogP contribution >= 0.6 is 22.9 Å². The van der Waals surface area contributed by atoms with E-state index in [0.29, 0.717) is 16.6 Å². The Labute approximate surface area is 130 Å². The highest BCUT2D eigenvalue weighted by Gasteiger charge is 2.21. The molecule has 0 radical (unpaired) electrons. The highest BCUT2D eigenvalue weighted by atomic mass is 35.5. The molecule has 1 unspecified atom stereocenters. The second kappa shape index (κ2) is 5.20. The summed E-state index contributed by atoms with van der Waals surface area (Å²) in [5, 5.41) is 0.441. The fourth-order valence-electron chi connectivity index (χ4n) is 2.43. The van der Waals surface area contributed by atoms with Crippen molar-refractivity contribution >= 4 is 44.7 Å². The molecule has 2 aromatic rings. The highest BCUT2D eigenvalue weighted by molar-refractivity contribution is 7.19. The van der Waals surface area contributed by atoms with Crippen LogP contribution in [0, 0.1) is 6.92 Å². The fourth-order valence-corrected chi connectivity index (χ4v) is 3.87. The number of aromatic nitrogens is 2. The van der Waals surface area contributed by atoms with Gasteiger partial charge in [-0.15, -0.1) is 22.9 Å². The van der Waals surface area contributed by atoms with Crippen LogP contribution in [0.3, 0.4) is 0 Å². The minimum absolute atomic E-state index is 0.131. The van der Waals surface area contributed by atoms with E-state index >= 15 is 0 Å². The summed E-state index contributed by atoms with van der Waals surface area (Å²) in [7, 11) is 1.61. The maximum absolute atomic E-state index is 12.0. The molecule has 0 bridgehead atoms. The number of nitrogens with one attached hydrogen (secondary N) is 1. The van der Waals surface area contributed by atoms with E-state index in [1.807, 2.05) is 13.0 Å². The maximum Gasteiger partial charge on any atom is 0.261 e. The monoisotopic (exact) mass is 323 g/mol. The molecule has 7 heteroatoms. The van der Waals surface area contributed by atoms with Gasteiger partial charge in [0.15, 0.2) is 0 Å². The number of H-pyrrole nitrogens is 1. The zero-order valence-corrected chi connectivity index (χ0v) is 13.1. The molecule has 0 amide bonds. The van der Waals surface area contributed by atoms with E-state index in [1.54, 1.807) is 7.11 Å². The maximum atomic E-state index is 12.0. The van der Waals surface area contributed by atoms with Gasteiger partial charge in [-0.2, -0.15) is 0 Å². The van der Waals surface area contributed by atoms with Gasteiger partial charge in [-0.05, 0) is 30.6 Å². The topological polar surface area (TPSA) is 81.0 Å². The number of halogens is 1. The molecule has 5 nitrogen and oxygen atoms in total. The lowest BCUT2D eigenvalue weighted by molar-refractivity contribution is 0.279. The summed E-state index contributed by atoms with van der Waals surface area (Å²) >= 11 is 7.63. The Balaban J connectivity index is 2.19. The van der Waals surface area contributed by atoms with Gasteiger partial charge < -0.3 is 10.5 Å². The Morgan fingerprint density at radius 2 is 2.33 bits per heavy atom. The number of thiophene rings is 1. The minimum Gasteiger partial charge on any atom is -0.499 e. The molecule has 21 heavy (non-hydrogen) atoms. The van der Waals surface area contributed by atoms with Crippen molar-refractivity contribution in [1.29, 1.82) is 0 Å². The van der Waals surface area contributed by atoms with Crippen molar-refractivity contribution in [2.24, 2.45) is 0 Å². The summed E-state index contributed by atoms with van der Waals surface area (Å²) in [5.41, 5.74) is 7.29. The summed E-state index contributed by atoms with van der Waals surface area (Å²) in [6.45, 7) is 1.91. The van der Waals surface area contributed by atoms with E-state index in [9.17, 15) is 4.79 Å². The van der Waals surface area contributed by atoms with Crippen LogP contribution < -0.4 is 11.3 Å². The van der Waals surface area contributed by atoms with Gasteiger partial charge in [0.05, 0.1) is 17.9 Å². The zero-order valence-electron chi connectivity index (χ0n) is 11.6. The third kappa shape index (κ3) is 2.34. The first-order valence-electron chi connectivity index (χ1n) is 6.40. The molecule has 2 aromatic heterocycles. The standard InChI is InChI=1S/C14H14ClN3O2S/c1-6-10-12(19)17-14(16)18-13(10)21-11(6)7-3-4-8(15)9(5-7)20-2/h3,5,8H,4H2,1-2H3,(H3,16,17,18,19). The van der Waals surface area contributed by atoms with Crippen molar-refractivity contribution in [2.75, 3.05) is 12.8 Å². The number of hydrogen-bond acceptors (Lipinski definition) is 5. The van der Waals surface area contributed by atoms with Crippen LogP contribution in [0.2, 0.25) is 0 Å². The summed E-state index contributed by atoms with van der Waals surface area (Å²) in [5.74, 6) is 0.860. The SMILES string of the molecule is COC1=CC(c2sc3nc(N)[nH]c(=O)c3c2C)=CCC1Cl. The molecule has 0 saturated heterocycles. The number of alkyl halides is 1. The number of aryl methyl sites for hydroxylation is 1. The van der Waals surface area contributed by atoms with E-state index in [0.717, 1.165) is 21.8 Å². The number of nitrogens with two attached hydrogens (primary N) is 1. The Hall–Kier alpha value is -1.79. The molecular weight excluding hydrogens is 310 g/mol.